The van der Waals surface area contributed by atoms with Crippen molar-refractivity contribution in [3.8, 4) is 0 Å². The first kappa shape index (κ1) is 83.6. The third kappa shape index (κ3) is 23.1. The lowest BCUT2D eigenvalue weighted by molar-refractivity contribution is -0.177. The van der Waals surface area contributed by atoms with Crippen molar-refractivity contribution in [2.24, 2.45) is 129 Å². The van der Waals surface area contributed by atoms with Crippen LogP contribution in [0, 0.1) is 118 Å². The first-order valence-electron chi connectivity index (χ1n) is 43.9. The number of carbonyl (C=O) groups is 11. The van der Waals surface area contributed by atoms with Gasteiger partial charge in [0.15, 0.2) is 0 Å². The van der Waals surface area contributed by atoms with Crippen LogP contribution in [-0.4, -0.2) is 150 Å². The standard InChI is InChI=1S/C19H23NO3.C18H20N4O3.C18H26O4.C13H17NO5.C10H16O2.C9H15NO2.ClH.2H2/c1-12(14-8-15-10-16(15)9-14)18(21)20-17(11-23-19(20)22)7-13-5-3-2-4-6-13;19-21-20-16(14-8-12-7-13(12)9-14)17(23)22-15(10-25-18(22)24)6-11-4-2-1-3-5-11;1-2-3-4-5-11-9-16(11)22-17(19)10-15(18(20)21)14-7-12-6-13(12)8-14;1-2-3-4-5-9-8-10(9)18-13(17)19-14-11(15)6-7-12(14)16;1-6(10(11)12-2)7-3-8-5-9(8)4-7;1-12-9(11)8(10)7-3-5-2-6(5)4-7;;;/h2-6,12,14-17H,7-11H2,1H3;1-5,12-16H,6-10H2;2,11-16H,1,3-10H2,(H,20,21);2,9-10H,1,3-8H2;6-9H,3-5H2,1-2H3;5-8H,2-4,10H2,1H3;3*1H/t12-,14?,15-,16+,17-;12-,13+,14?,15-,16-;11-,12-,13+,14?,15?,16-;9-,10-;6-,7?,8-,9+;5-,6+,7?,8-;;;/m001100.../s1/i;;;;;;;2*1+1D. The van der Waals surface area contributed by atoms with Gasteiger partial charge >= 0.3 is 42.2 Å². The highest BCUT2D eigenvalue weighted by atomic mass is 35.5. The molecule has 114 heavy (non-hydrogen) atoms. The van der Waals surface area contributed by atoms with Gasteiger partial charge in [-0.05, 0) is 278 Å². The van der Waals surface area contributed by atoms with Crippen molar-refractivity contribution in [3.05, 3.63) is 108 Å². The molecule has 6 amide bonds. The quantitative estimate of drug-likeness (QED) is 0.0117. The van der Waals surface area contributed by atoms with Crippen LogP contribution in [0.3, 0.4) is 0 Å². The fourth-order valence-electron chi connectivity index (χ4n) is 19.8. The van der Waals surface area contributed by atoms with Crippen LogP contribution >= 0.6 is 12.4 Å². The molecule has 3 heterocycles. The predicted octanol–water partition coefficient (Wildman–Crippen LogP) is 15.2. The lowest BCUT2D eigenvalue weighted by atomic mass is 9.86. The van der Waals surface area contributed by atoms with E-state index in [1.54, 1.807) is 0 Å². The number of aliphatic carboxylic acids is 1. The minimum Gasteiger partial charge on any atom is -0.481 e. The van der Waals surface area contributed by atoms with E-state index in [0.29, 0.717) is 65.9 Å². The van der Waals surface area contributed by atoms with E-state index in [-0.39, 0.29) is 116 Å². The van der Waals surface area contributed by atoms with Crippen LogP contribution in [0.25, 0.3) is 10.4 Å². The number of nitrogens with zero attached hydrogens (tertiary/aromatic N) is 6. The number of hydrogen-bond donors (Lipinski definition) is 2. The normalized spacial score (nSPS) is 33.4. The smallest absolute Gasteiger partial charge is 0.481 e. The fourth-order valence-corrected chi connectivity index (χ4v) is 19.8. The summed E-state index contributed by atoms with van der Waals surface area (Å²) in [5, 5.41) is 13.7. The van der Waals surface area contributed by atoms with Gasteiger partial charge in [-0.2, -0.15) is 0 Å². The summed E-state index contributed by atoms with van der Waals surface area (Å²) in [5.41, 5.74) is 16.8. The van der Waals surface area contributed by atoms with E-state index in [1.807, 2.05) is 86.7 Å². The Bertz CT molecular complexity index is 3740. The van der Waals surface area contributed by atoms with E-state index in [4.69, 9.17) is 40.9 Å². The zero-order valence-electron chi connectivity index (χ0n) is 70.5. The molecule has 12 saturated carbocycles. The van der Waals surface area contributed by atoms with Crippen LogP contribution in [0.4, 0.5) is 14.4 Å². The molecule has 17 rings (SSSR count). The third-order valence-corrected chi connectivity index (χ3v) is 27.3. The topological polar surface area (TPSA) is 357 Å². The molecule has 0 aromatic heterocycles. The van der Waals surface area contributed by atoms with Crippen molar-refractivity contribution in [1.29, 1.82) is 0 Å². The van der Waals surface area contributed by atoms with E-state index < -0.39 is 54.0 Å². The molecule has 0 radical (unpaired) electrons. The van der Waals surface area contributed by atoms with E-state index in [9.17, 15) is 57.8 Å². The minimum atomic E-state index is -0.972. The van der Waals surface area contributed by atoms with Crippen LogP contribution in [-0.2, 0) is 84.5 Å². The molecule has 6 unspecified atom stereocenters. The molecule has 2 aromatic carbocycles. The summed E-state index contributed by atoms with van der Waals surface area (Å²) in [4.78, 5) is 140. The van der Waals surface area contributed by atoms with Gasteiger partial charge < -0.3 is 39.3 Å². The zero-order valence-corrected chi connectivity index (χ0v) is 67.3. The van der Waals surface area contributed by atoms with Crippen molar-refractivity contribution in [3.63, 3.8) is 0 Å². The number of esters is 3. The van der Waals surface area contributed by atoms with Crippen molar-refractivity contribution in [2.75, 3.05) is 27.4 Å². The Kier molecular flexibility index (Phi) is 29.0. The number of unbranched alkanes of at least 4 members (excludes halogenated alkanes) is 2. The number of carboxylic acids is 1. The molecule has 15 fully saturated rings. The van der Waals surface area contributed by atoms with Crippen LogP contribution in [0.1, 0.15) is 198 Å². The fraction of sp³-hybridized carbons (Fsp3) is 0.690. The van der Waals surface area contributed by atoms with Gasteiger partial charge in [0.2, 0.25) is 11.8 Å². The second-order valence-electron chi connectivity index (χ2n) is 35.2. The second-order valence-corrected chi connectivity index (χ2v) is 35.2. The van der Waals surface area contributed by atoms with E-state index in [2.05, 4.69) is 32.8 Å². The maximum absolute atomic E-state index is 13.0. The van der Waals surface area contributed by atoms with E-state index in [1.165, 1.54) is 69.0 Å². The summed E-state index contributed by atoms with van der Waals surface area (Å²) in [5.74, 6) is 7.31. The molecule has 0 bridgehead atoms. The molecule has 26 nitrogen and oxygen atoms in total. The molecule has 15 aliphatic rings. The van der Waals surface area contributed by atoms with Crippen LogP contribution in [0.15, 0.2) is 91.1 Å². The van der Waals surface area contributed by atoms with E-state index in [0.717, 1.165) is 161 Å². The van der Waals surface area contributed by atoms with Crippen molar-refractivity contribution in [2.45, 2.75) is 230 Å². The monoisotopic (exact) mass is 1610 g/mol. The summed E-state index contributed by atoms with van der Waals surface area (Å²) in [7, 11) is 2.88. The number of methoxy groups -OCH3 is 2. The Hall–Kier alpha value is -8.35. The number of halogens is 1. The lowest BCUT2D eigenvalue weighted by Gasteiger charge is -2.26. The Morgan fingerprint density at radius 1 is 0.579 bits per heavy atom. The molecule has 3 N–H and O–H groups in total. The number of carboxylic acid groups (broad SMARTS) is 1. The summed E-state index contributed by atoms with van der Waals surface area (Å²) in [6.07, 6.45) is 28.4. The van der Waals surface area contributed by atoms with Crippen molar-refractivity contribution < 1.29 is 97.0 Å². The van der Waals surface area contributed by atoms with Crippen LogP contribution < -0.4 is 5.73 Å². The number of azide groups is 1. The van der Waals surface area contributed by atoms with Gasteiger partial charge in [0.05, 0.1) is 44.6 Å². The maximum atomic E-state index is 13.0. The number of hydrogen-bond acceptors (Lipinski definition) is 20. The highest BCUT2D eigenvalue weighted by molar-refractivity contribution is 6.01. The summed E-state index contributed by atoms with van der Waals surface area (Å²) < 4.78 is 50.1. The van der Waals surface area contributed by atoms with Gasteiger partial charge in [0.25, 0.3) is 11.8 Å². The number of benzene rings is 2. The SMILES string of the molecule is C=CCCC[C@@H]1C[C@H]1OC(=O)CC(C(=O)O)C1C[C@@H]2C[C@@H]2C1.C=CCCC[C@@H]1C[C@H]1OC(=O)ON1C(=O)CCC1=O.COC(=O)[C@@H](C)C1C[C@@H]2C[C@@H]2C1.COC(=O)[C@@H](N)C1C[C@@H]2C[C@@H]2C1.C[C@H](C(=O)N1C(=O)OC[C@@H]1Cc1ccccc1)C1C[C@@H]2C[C@@H]2C1.Cl.[2H][2H].[2H][2H].[N-]=[N+]=N[C@H](C(=O)N1C(=O)OC[C@@H]1Cc1ccccc1)C1C[C@@H]2C[C@@H]2C1. The van der Waals surface area contributed by atoms with Crippen molar-refractivity contribution >= 4 is 78.3 Å². The van der Waals surface area contributed by atoms with E-state index >= 15 is 0 Å². The van der Waals surface area contributed by atoms with Gasteiger partial charge in [0, 0.05) is 29.6 Å². The molecule has 3 aliphatic heterocycles. The summed E-state index contributed by atoms with van der Waals surface area (Å²) >= 11 is 0. The highest BCUT2D eigenvalue weighted by Gasteiger charge is 2.55. The molecule has 12 aliphatic carbocycles. The van der Waals surface area contributed by atoms with Gasteiger partial charge in [-0.25, -0.2) is 24.2 Å². The number of ether oxygens (including phenoxy) is 6. The Morgan fingerprint density at radius 3 is 1.40 bits per heavy atom. The zero-order chi connectivity index (χ0) is 84.3. The largest absolute Gasteiger partial charge is 0.534 e. The average Bonchev–Trinajstić information content (AvgIpc) is 1.63. The molecule has 27 heteroatoms. The molecule has 2 aromatic rings. The Labute approximate surface area is 681 Å². The summed E-state index contributed by atoms with van der Waals surface area (Å²) in [6.45, 7) is 11.8. The minimum absolute atomic E-state index is 0. The number of fused-ring (bicyclic) bond motifs is 5. The number of amides is 6. The maximum Gasteiger partial charge on any atom is 0.534 e. The molecular formula is C87H122ClN7O19. The first-order valence-corrected chi connectivity index (χ1v) is 41.9. The molecule has 26 atom stereocenters. The number of carbonyl (C=O) groups excluding carboxylic acids is 10. The number of hydroxylamine groups is 2. The number of cyclic esters (lactones) is 2. The number of imide groups is 3. The predicted molar refractivity (Wildman–Crippen MR) is 423 cm³/mol. The Morgan fingerprint density at radius 2 is 0.982 bits per heavy atom. The number of nitrogens with two attached hydrogens (primary N) is 1. The highest BCUT2D eigenvalue weighted by Crippen LogP contribution is 2.60. The molecular weight excluding hydrogens is 1480 g/mol. The summed E-state index contributed by atoms with van der Waals surface area (Å²) in [6, 6.07) is 18.0. The first-order chi connectivity index (χ1) is 56.4. The van der Waals surface area contributed by atoms with Crippen molar-refractivity contribution in [1.82, 2.24) is 14.9 Å². The lowest BCUT2D eigenvalue weighted by Crippen LogP contribution is -2.47. The Balaban J connectivity index is 0.000000162. The molecule has 626 valence electrons. The van der Waals surface area contributed by atoms with Crippen LogP contribution in [0.5, 0.6) is 0 Å². The van der Waals surface area contributed by atoms with Gasteiger partial charge in [0.1, 0.15) is 37.5 Å². The van der Waals surface area contributed by atoms with Gasteiger partial charge in [-0.3, -0.25) is 43.2 Å². The third-order valence-electron chi connectivity index (χ3n) is 27.3. The second kappa shape index (κ2) is 39.5. The number of rotatable bonds is 28. The molecule has 3 saturated heterocycles. The van der Waals surface area contributed by atoms with Crippen LogP contribution in [0.2, 0.25) is 0 Å². The number of allylic oxidation sites excluding steroid dienone is 2. The average molecular weight is 1610 g/mol. The van der Waals surface area contributed by atoms with Gasteiger partial charge in [-0.1, -0.05) is 96.8 Å². The molecule has 0 spiro atoms. The van der Waals surface area contributed by atoms with Gasteiger partial charge in [-0.15, -0.1) is 25.6 Å².